The fourth-order valence-electron chi connectivity index (χ4n) is 5.17. The van der Waals surface area contributed by atoms with E-state index < -0.39 is 6.23 Å². The molecular weight excluding hydrogens is 502 g/mol. The Morgan fingerprint density at radius 1 is 1.20 bits per heavy atom. The van der Waals surface area contributed by atoms with Crippen molar-refractivity contribution < 1.29 is 14.7 Å². The van der Waals surface area contributed by atoms with Crippen LogP contribution in [-0.4, -0.2) is 59.2 Å². The van der Waals surface area contributed by atoms with Gasteiger partial charge in [-0.25, -0.2) is 0 Å². The number of aryl methyl sites for hydroxylation is 1. The van der Waals surface area contributed by atoms with E-state index >= 15 is 0 Å². The summed E-state index contributed by atoms with van der Waals surface area (Å²) in [5.74, 6) is -0.331. The van der Waals surface area contributed by atoms with Gasteiger partial charge in [-0.2, -0.15) is 0 Å². The van der Waals surface area contributed by atoms with Gasteiger partial charge >= 0.3 is 0 Å². The Morgan fingerprint density at radius 2 is 1.93 bits per heavy atom. The number of nitrogens with zero attached hydrogens (tertiary/aromatic N) is 1. The SMILES string of the molecule is C=C(CCC(O)Nc1ccc2c(c1)/C(=C/c1[nH]c(C)c(C(=O)NCCN(CC)CC)c1C)C(=O)N2)/C(=C/C)CC. The van der Waals surface area contributed by atoms with Gasteiger partial charge in [-0.15, -0.1) is 0 Å². The van der Waals surface area contributed by atoms with E-state index in [0.29, 0.717) is 41.9 Å². The molecule has 0 saturated carbocycles. The second-order valence-electron chi connectivity index (χ2n) is 10.2. The van der Waals surface area contributed by atoms with Gasteiger partial charge in [0.2, 0.25) is 0 Å². The predicted octanol–water partition coefficient (Wildman–Crippen LogP) is 5.62. The average molecular weight is 548 g/mol. The number of carbonyl (C=O) groups is 2. The molecular formula is C32H45N5O3. The lowest BCUT2D eigenvalue weighted by Crippen LogP contribution is -2.35. The molecule has 1 atom stereocenters. The minimum absolute atomic E-state index is 0.122. The number of aromatic nitrogens is 1. The Balaban J connectivity index is 1.75. The highest BCUT2D eigenvalue weighted by molar-refractivity contribution is 6.35. The van der Waals surface area contributed by atoms with E-state index in [1.807, 2.05) is 39.0 Å². The van der Waals surface area contributed by atoms with E-state index in [4.69, 9.17) is 0 Å². The van der Waals surface area contributed by atoms with E-state index in [-0.39, 0.29) is 11.8 Å². The van der Waals surface area contributed by atoms with Crippen LogP contribution < -0.4 is 16.0 Å². The first kappa shape index (κ1) is 30.9. The van der Waals surface area contributed by atoms with E-state index in [2.05, 4.69) is 59.3 Å². The smallest absolute Gasteiger partial charge is 0.256 e. The molecule has 2 heterocycles. The number of nitrogens with one attached hydrogen (secondary N) is 4. The molecule has 1 unspecified atom stereocenters. The van der Waals surface area contributed by atoms with Crippen LogP contribution in [0, 0.1) is 13.8 Å². The third-order valence-electron chi connectivity index (χ3n) is 7.64. The maximum atomic E-state index is 13.0. The highest BCUT2D eigenvalue weighted by atomic mass is 16.3. The lowest BCUT2D eigenvalue weighted by Gasteiger charge is -2.18. The summed E-state index contributed by atoms with van der Waals surface area (Å²) >= 11 is 0. The maximum Gasteiger partial charge on any atom is 0.256 e. The summed E-state index contributed by atoms with van der Waals surface area (Å²) in [6.45, 7) is 19.5. The number of aromatic amines is 1. The zero-order valence-corrected chi connectivity index (χ0v) is 24.8. The topological polar surface area (TPSA) is 109 Å². The molecule has 5 N–H and O–H groups in total. The maximum absolute atomic E-state index is 13.0. The summed E-state index contributed by atoms with van der Waals surface area (Å²) in [4.78, 5) is 31.4. The van der Waals surface area contributed by atoms with Crippen molar-refractivity contribution in [2.45, 2.75) is 67.0 Å². The van der Waals surface area contributed by atoms with Gasteiger partial charge in [-0.05, 0) is 88.5 Å². The normalized spacial score (nSPS) is 14.8. The number of amides is 2. The summed E-state index contributed by atoms with van der Waals surface area (Å²) in [5.41, 5.74) is 7.79. The van der Waals surface area contributed by atoms with Crippen LogP contribution in [0.4, 0.5) is 11.4 Å². The minimum Gasteiger partial charge on any atom is -0.374 e. The quantitative estimate of drug-likeness (QED) is 0.120. The molecule has 0 radical (unpaired) electrons. The van der Waals surface area contributed by atoms with Gasteiger partial charge in [0.05, 0.1) is 11.1 Å². The van der Waals surface area contributed by atoms with Crippen molar-refractivity contribution in [3.05, 3.63) is 70.1 Å². The van der Waals surface area contributed by atoms with Gasteiger partial charge in [0, 0.05) is 41.4 Å². The molecule has 0 spiro atoms. The van der Waals surface area contributed by atoms with Crippen molar-refractivity contribution in [1.29, 1.82) is 0 Å². The third kappa shape index (κ3) is 7.31. The van der Waals surface area contributed by atoms with Gasteiger partial charge in [-0.3, -0.25) is 9.59 Å². The Hall–Kier alpha value is -3.62. The molecule has 1 aliphatic rings. The van der Waals surface area contributed by atoms with Gasteiger partial charge in [-0.1, -0.05) is 39.0 Å². The molecule has 2 aromatic rings. The zero-order chi connectivity index (χ0) is 29.4. The fourth-order valence-corrected chi connectivity index (χ4v) is 5.17. The summed E-state index contributed by atoms with van der Waals surface area (Å²) in [7, 11) is 0. The number of aliphatic hydroxyl groups is 1. The average Bonchev–Trinajstić information content (AvgIpc) is 3.39. The van der Waals surface area contributed by atoms with E-state index in [0.717, 1.165) is 54.1 Å². The molecule has 1 aliphatic heterocycles. The van der Waals surface area contributed by atoms with Gasteiger partial charge in [0.15, 0.2) is 0 Å². The molecule has 3 rings (SSSR count). The monoisotopic (exact) mass is 547 g/mol. The first-order chi connectivity index (χ1) is 19.1. The number of fused-ring (bicyclic) bond motifs is 1. The lowest BCUT2D eigenvalue weighted by molar-refractivity contribution is -0.110. The van der Waals surface area contributed by atoms with Crippen molar-refractivity contribution in [3.8, 4) is 0 Å². The lowest BCUT2D eigenvalue weighted by atomic mass is 10.00. The summed E-state index contributed by atoms with van der Waals surface area (Å²) in [5, 5.41) is 19.7. The van der Waals surface area contributed by atoms with Crippen molar-refractivity contribution in [1.82, 2.24) is 15.2 Å². The first-order valence-electron chi connectivity index (χ1n) is 14.3. The molecule has 0 aliphatic carbocycles. The number of hydrogen-bond acceptors (Lipinski definition) is 5. The van der Waals surface area contributed by atoms with Crippen LogP contribution in [0.15, 0.2) is 42.0 Å². The van der Waals surface area contributed by atoms with E-state index in [9.17, 15) is 14.7 Å². The highest BCUT2D eigenvalue weighted by Gasteiger charge is 2.26. The number of likely N-dealkylation sites (N-methyl/N-ethyl adjacent to an activating group) is 1. The number of rotatable bonds is 14. The van der Waals surface area contributed by atoms with Gasteiger partial charge in [0.1, 0.15) is 6.23 Å². The second kappa shape index (κ2) is 14.1. The third-order valence-corrected chi connectivity index (χ3v) is 7.64. The Labute approximate surface area is 238 Å². The van der Waals surface area contributed by atoms with Crippen molar-refractivity contribution in [3.63, 3.8) is 0 Å². The van der Waals surface area contributed by atoms with Crippen LogP contribution in [0.1, 0.15) is 79.8 Å². The molecule has 0 saturated heterocycles. The van der Waals surface area contributed by atoms with E-state index in [1.165, 1.54) is 5.57 Å². The molecule has 216 valence electrons. The number of carbonyl (C=O) groups excluding carboxylic acids is 2. The van der Waals surface area contributed by atoms with Gasteiger partial charge < -0.3 is 30.9 Å². The van der Waals surface area contributed by atoms with E-state index in [1.54, 1.807) is 6.08 Å². The summed E-state index contributed by atoms with van der Waals surface area (Å²) < 4.78 is 0. The highest BCUT2D eigenvalue weighted by Crippen LogP contribution is 2.36. The molecule has 1 aromatic carbocycles. The molecule has 1 aromatic heterocycles. The van der Waals surface area contributed by atoms with Crippen molar-refractivity contribution in [2.75, 3.05) is 36.8 Å². The minimum atomic E-state index is -0.752. The van der Waals surface area contributed by atoms with Gasteiger partial charge in [0.25, 0.3) is 11.8 Å². The number of H-pyrrole nitrogens is 1. The number of hydrogen-bond donors (Lipinski definition) is 5. The molecule has 0 fully saturated rings. The summed E-state index contributed by atoms with van der Waals surface area (Å²) in [6, 6.07) is 5.54. The van der Waals surface area contributed by atoms with Crippen LogP contribution in [-0.2, 0) is 4.79 Å². The molecule has 2 amide bonds. The zero-order valence-electron chi connectivity index (χ0n) is 24.8. The largest absolute Gasteiger partial charge is 0.374 e. The van der Waals surface area contributed by atoms with Crippen molar-refractivity contribution >= 4 is 34.8 Å². The molecule has 8 heteroatoms. The van der Waals surface area contributed by atoms with Crippen molar-refractivity contribution in [2.24, 2.45) is 0 Å². The number of allylic oxidation sites excluding steroid dienone is 3. The molecule has 8 nitrogen and oxygen atoms in total. The number of aliphatic hydroxyl groups excluding tert-OH is 1. The second-order valence-corrected chi connectivity index (χ2v) is 10.2. The van der Waals surface area contributed by atoms with Crippen LogP contribution in [0.2, 0.25) is 0 Å². The Morgan fingerprint density at radius 3 is 2.58 bits per heavy atom. The van der Waals surface area contributed by atoms with Crippen LogP contribution in [0.25, 0.3) is 11.6 Å². The first-order valence-corrected chi connectivity index (χ1v) is 14.3. The van der Waals surface area contributed by atoms with Crippen LogP contribution in [0.3, 0.4) is 0 Å². The number of anilines is 2. The fraction of sp³-hybridized carbons (Fsp3) is 0.438. The Bertz CT molecular complexity index is 1300. The standard InChI is InChI=1S/C32H45N5O3/c1-8-23(9-2)20(5)12-15-29(38)35-24-13-14-27-25(18-24)26(31(39)36-27)19-28-21(6)30(22(7)34-28)32(40)33-16-17-37(10-3)11-4/h8,13-14,18-19,29,34-35,38H,5,9-12,15-17H2,1-4,6-7H3,(H,33,40)(H,36,39)/b23-8+,26-19-. The molecule has 0 bridgehead atoms. The Kier molecular flexibility index (Phi) is 10.9. The molecule has 40 heavy (non-hydrogen) atoms. The number of benzene rings is 1. The van der Waals surface area contributed by atoms with Crippen LogP contribution in [0.5, 0.6) is 0 Å². The predicted molar refractivity (Wildman–Crippen MR) is 165 cm³/mol. The van der Waals surface area contributed by atoms with Crippen LogP contribution >= 0.6 is 0 Å². The summed E-state index contributed by atoms with van der Waals surface area (Å²) in [6.07, 6.45) is 5.24.